The Hall–Kier alpha value is -2.78. The minimum atomic E-state index is -0.384. The number of rotatable bonds is 4. The molecule has 0 atom stereocenters. The van der Waals surface area contributed by atoms with Crippen molar-refractivity contribution in [1.29, 1.82) is 0 Å². The van der Waals surface area contributed by atoms with E-state index >= 15 is 0 Å². The summed E-state index contributed by atoms with van der Waals surface area (Å²) < 4.78 is 2.58. The van der Waals surface area contributed by atoms with Crippen LogP contribution in [0.1, 0.15) is 73.7 Å². The Morgan fingerprint density at radius 2 is 1.45 bits per heavy atom. The third kappa shape index (κ3) is 3.36. The van der Waals surface area contributed by atoms with Gasteiger partial charge in [-0.05, 0) is 74.6 Å². The zero-order valence-electron chi connectivity index (χ0n) is 18.0. The van der Waals surface area contributed by atoms with E-state index in [0.717, 1.165) is 43.4 Å². The smallest absolute Gasteiger partial charge is 0.268 e. The molecule has 33 heavy (non-hydrogen) atoms. The molecule has 0 saturated carbocycles. The summed E-state index contributed by atoms with van der Waals surface area (Å²) in [5.41, 5.74) is 6.06. The second kappa shape index (κ2) is 8.22. The number of nitrogens with zero attached hydrogens (tertiary/aromatic N) is 4. The van der Waals surface area contributed by atoms with Crippen molar-refractivity contribution in [1.82, 2.24) is 14.8 Å². The molecule has 0 bridgehead atoms. The van der Waals surface area contributed by atoms with Crippen LogP contribution in [-0.4, -0.2) is 38.2 Å². The summed E-state index contributed by atoms with van der Waals surface area (Å²) in [7, 11) is 0. The van der Waals surface area contributed by atoms with Crippen LogP contribution in [0, 0.1) is 0 Å². The molecule has 2 aromatic heterocycles. The maximum Gasteiger partial charge on any atom is 0.268 e. The molecule has 7 nitrogen and oxygen atoms in total. The van der Waals surface area contributed by atoms with E-state index in [9.17, 15) is 14.4 Å². The van der Waals surface area contributed by atoms with Crippen LogP contribution in [0.2, 0.25) is 0 Å². The first-order chi connectivity index (χ1) is 16.1. The number of imide groups is 1. The molecule has 3 heterocycles. The van der Waals surface area contributed by atoms with Gasteiger partial charge in [-0.15, -0.1) is 10.2 Å². The van der Waals surface area contributed by atoms with Crippen molar-refractivity contribution in [3.63, 3.8) is 0 Å². The lowest BCUT2D eigenvalue weighted by Gasteiger charge is -2.16. The van der Waals surface area contributed by atoms with Gasteiger partial charge < -0.3 is 0 Å². The van der Waals surface area contributed by atoms with Gasteiger partial charge in [0.05, 0.1) is 16.9 Å². The molecule has 0 N–H and O–H groups in total. The Bertz CT molecular complexity index is 1240. The van der Waals surface area contributed by atoms with E-state index in [1.165, 1.54) is 58.5 Å². The molecule has 2 aliphatic carbocycles. The molecule has 0 saturated heterocycles. The van der Waals surface area contributed by atoms with Crippen molar-refractivity contribution in [2.45, 2.75) is 55.7 Å². The lowest BCUT2D eigenvalue weighted by molar-refractivity contribution is 0.0918. The number of fused-ring (bicyclic) bond motifs is 4. The summed E-state index contributed by atoms with van der Waals surface area (Å²) in [6, 6.07) is 6.76. The normalized spacial score (nSPS) is 17.2. The minimum Gasteiger partial charge on any atom is -0.287 e. The lowest BCUT2D eigenvalue weighted by atomic mass is 9.89. The van der Waals surface area contributed by atoms with Crippen molar-refractivity contribution in [2.24, 2.45) is 0 Å². The van der Waals surface area contributed by atoms with Crippen LogP contribution >= 0.6 is 23.1 Å². The molecule has 6 rings (SSSR count). The molecular formula is C24H22N4O3S2. The lowest BCUT2D eigenvalue weighted by Crippen LogP contribution is -2.29. The van der Waals surface area contributed by atoms with E-state index < -0.39 is 0 Å². The van der Waals surface area contributed by atoms with E-state index in [4.69, 9.17) is 0 Å². The van der Waals surface area contributed by atoms with E-state index in [1.807, 2.05) is 4.57 Å². The summed E-state index contributed by atoms with van der Waals surface area (Å²) in [4.78, 5) is 39.8. The fourth-order valence-corrected chi connectivity index (χ4v) is 6.98. The molecule has 1 aliphatic heterocycles. The van der Waals surface area contributed by atoms with Gasteiger partial charge in [-0.25, -0.2) is 4.90 Å². The molecule has 0 unspecified atom stereocenters. The van der Waals surface area contributed by atoms with Gasteiger partial charge in [0.25, 0.3) is 11.8 Å². The molecule has 1 aromatic carbocycles. The average Bonchev–Trinajstić information content (AvgIpc) is 3.51. The standard InChI is InChI=1S/C24H22N4O3S2/c29-20(27-18-11-5-3-7-14(18)15-8-4-6-12-19(15)27)13-32-24-26-25-23(33-24)28-21(30)16-9-1-2-10-17(16)22(28)31/h1-2,9-10H,3-8,11-13H2. The first kappa shape index (κ1) is 20.8. The molecule has 0 spiro atoms. The van der Waals surface area contributed by atoms with E-state index in [2.05, 4.69) is 10.2 Å². The molecule has 3 aromatic rings. The van der Waals surface area contributed by atoms with Gasteiger partial charge in [0.2, 0.25) is 11.0 Å². The Morgan fingerprint density at radius 1 is 0.879 bits per heavy atom. The molecule has 168 valence electrons. The van der Waals surface area contributed by atoms with Gasteiger partial charge in [0, 0.05) is 11.4 Å². The zero-order valence-corrected chi connectivity index (χ0v) is 19.6. The maximum atomic E-state index is 13.3. The van der Waals surface area contributed by atoms with Crippen LogP contribution in [-0.2, 0) is 25.7 Å². The van der Waals surface area contributed by atoms with E-state index in [0.29, 0.717) is 15.5 Å². The maximum absolute atomic E-state index is 13.3. The third-order valence-corrected chi connectivity index (χ3v) is 8.76. The summed E-state index contributed by atoms with van der Waals surface area (Å²) in [5, 5.41) is 8.46. The Kier molecular flexibility index (Phi) is 5.18. The summed E-state index contributed by atoms with van der Waals surface area (Å²) in [6.07, 6.45) is 8.81. The fourth-order valence-electron chi connectivity index (χ4n) is 5.29. The average molecular weight is 479 g/mol. The number of hydrogen-bond acceptors (Lipinski definition) is 7. The first-order valence-corrected chi connectivity index (χ1v) is 13.1. The second-order valence-corrected chi connectivity index (χ2v) is 10.8. The number of aromatic nitrogens is 3. The van der Waals surface area contributed by atoms with E-state index in [-0.39, 0.29) is 28.6 Å². The van der Waals surface area contributed by atoms with Crippen molar-refractivity contribution < 1.29 is 14.4 Å². The molecule has 9 heteroatoms. The number of carbonyl (C=O) groups is 3. The molecule has 3 aliphatic rings. The van der Waals surface area contributed by atoms with Crippen LogP contribution in [0.5, 0.6) is 0 Å². The van der Waals surface area contributed by atoms with E-state index in [1.54, 1.807) is 24.3 Å². The highest BCUT2D eigenvalue weighted by Gasteiger charge is 2.38. The zero-order chi connectivity index (χ0) is 22.5. The molecule has 0 fully saturated rings. The van der Waals surface area contributed by atoms with Crippen LogP contribution < -0.4 is 4.90 Å². The van der Waals surface area contributed by atoms with Crippen LogP contribution in [0.3, 0.4) is 0 Å². The monoisotopic (exact) mass is 478 g/mol. The number of benzene rings is 1. The molecule has 0 radical (unpaired) electrons. The Labute approximate surface area is 199 Å². The minimum absolute atomic E-state index is 0.0822. The van der Waals surface area contributed by atoms with Gasteiger partial charge in [0.15, 0.2) is 4.34 Å². The Morgan fingerprint density at radius 3 is 2.06 bits per heavy atom. The Balaban J connectivity index is 1.21. The fraction of sp³-hybridized carbons (Fsp3) is 0.375. The van der Waals surface area contributed by atoms with Crippen LogP contribution in [0.4, 0.5) is 5.13 Å². The summed E-state index contributed by atoms with van der Waals surface area (Å²) >= 11 is 2.49. The van der Waals surface area contributed by atoms with Crippen molar-refractivity contribution >= 4 is 46.0 Å². The highest BCUT2D eigenvalue weighted by molar-refractivity contribution is 8.01. The number of hydrogen-bond donors (Lipinski definition) is 0. The number of amides is 2. The highest BCUT2D eigenvalue weighted by atomic mass is 32.2. The van der Waals surface area contributed by atoms with Gasteiger partial charge in [-0.2, -0.15) is 0 Å². The van der Waals surface area contributed by atoms with Crippen molar-refractivity contribution in [2.75, 3.05) is 10.7 Å². The second-order valence-electron chi connectivity index (χ2n) is 8.62. The summed E-state index contributed by atoms with van der Waals surface area (Å²) in [6.45, 7) is 0. The predicted octanol–water partition coefficient (Wildman–Crippen LogP) is 4.33. The predicted molar refractivity (Wildman–Crippen MR) is 127 cm³/mol. The van der Waals surface area contributed by atoms with Gasteiger partial charge in [-0.1, -0.05) is 35.2 Å². The van der Waals surface area contributed by atoms with Gasteiger partial charge in [-0.3, -0.25) is 19.0 Å². The number of thioether (sulfide) groups is 1. The van der Waals surface area contributed by atoms with Crippen LogP contribution in [0.25, 0.3) is 0 Å². The van der Waals surface area contributed by atoms with Gasteiger partial charge in [0.1, 0.15) is 0 Å². The highest BCUT2D eigenvalue weighted by Crippen LogP contribution is 2.36. The number of anilines is 1. The van der Waals surface area contributed by atoms with Crippen molar-refractivity contribution in [3.05, 3.63) is 57.9 Å². The molecule has 2 amide bonds. The van der Waals surface area contributed by atoms with Gasteiger partial charge >= 0.3 is 0 Å². The topological polar surface area (TPSA) is 85.2 Å². The third-order valence-electron chi connectivity index (χ3n) is 6.73. The molecular weight excluding hydrogens is 456 g/mol. The van der Waals surface area contributed by atoms with Crippen LogP contribution in [0.15, 0.2) is 28.6 Å². The number of carbonyl (C=O) groups excluding carboxylic acids is 3. The van der Waals surface area contributed by atoms with Crippen molar-refractivity contribution in [3.8, 4) is 0 Å². The quantitative estimate of drug-likeness (QED) is 0.315. The first-order valence-electron chi connectivity index (χ1n) is 11.3. The summed E-state index contributed by atoms with van der Waals surface area (Å²) in [5.74, 6) is -0.432. The SMILES string of the molecule is O=C1c2ccccc2C(=O)N1c1nnc(SCC(=O)n2c3c(c4c2CCCC4)CCCC3)s1. The largest absolute Gasteiger partial charge is 0.287 e.